The van der Waals surface area contributed by atoms with Crippen molar-refractivity contribution in [1.29, 1.82) is 0 Å². The first-order valence-electron chi connectivity index (χ1n) is 11.1. The van der Waals surface area contributed by atoms with Crippen LogP contribution in [0, 0.1) is 0 Å². The van der Waals surface area contributed by atoms with Gasteiger partial charge in [-0.3, -0.25) is 14.9 Å². The predicted octanol–water partition coefficient (Wildman–Crippen LogP) is 3.01. The van der Waals surface area contributed by atoms with Crippen LogP contribution in [0.25, 0.3) is 6.08 Å². The topological polar surface area (TPSA) is 129 Å². The lowest BCUT2D eigenvalue weighted by Gasteiger charge is -2.19. The Morgan fingerprint density at radius 3 is 2.50 bits per heavy atom. The van der Waals surface area contributed by atoms with Crippen molar-refractivity contribution >= 4 is 23.6 Å². The van der Waals surface area contributed by atoms with Gasteiger partial charge in [0, 0.05) is 18.3 Å². The number of rotatable bonds is 9. The average Bonchev–Trinajstić information content (AvgIpc) is 2.85. The first kappa shape index (κ1) is 26.6. The van der Waals surface area contributed by atoms with E-state index in [9.17, 15) is 22.8 Å². The van der Waals surface area contributed by atoms with E-state index in [1.54, 1.807) is 36.4 Å². The smallest absolute Gasteiger partial charge is 0.400 e. The summed E-state index contributed by atoms with van der Waals surface area (Å²) in [6.45, 7) is -0.115. The van der Waals surface area contributed by atoms with Crippen molar-refractivity contribution in [3.63, 3.8) is 0 Å². The van der Waals surface area contributed by atoms with Crippen LogP contribution in [0.5, 0.6) is 0 Å². The summed E-state index contributed by atoms with van der Waals surface area (Å²) in [4.78, 5) is 28.3. The standard InChI is InChI=1S/C25H26F3N5O3/c26-25(27,28)21-11-10-18(15-31-21)32-24(36)23(30-13-14-34)17-8-5-16(6-9-17)7-12-22(35)33-20-4-2-1-3-19(20)29/h2,4-12,15,23,30,34H,1,3,13-14,29H2,(H,32,36)(H,33,35)/b12-7+. The minimum absolute atomic E-state index is 0.0953. The fraction of sp³-hybridized carbons (Fsp3) is 0.240. The largest absolute Gasteiger partial charge is 0.433 e. The van der Waals surface area contributed by atoms with Gasteiger partial charge in [-0.2, -0.15) is 13.2 Å². The lowest BCUT2D eigenvalue weighted by atomic mass is 10.0. The number of allylic oxidation sites excluding steroid dienone is 3. The molecular weight excluding hydrogens is 475 g/mol. The number of carbonyl (C=O) groups is 2. The number of halogens is 3. The summed E-state index contributed by atoms with van der Waals surface area (Å²) >= 11 is 0. The molecule has 1 aromatic carbocycles. The van der Waals surface area contributed by atoms with E-state index in [4.69, 9.17) is 10.8 Å². The lowest BCUT2D eigenvalue weighted by Crippen LogP contribution is -2.34. The molecule has 1 unspecified atom stereocenters. The number of benzene rings is 1. The Morgan fingerprint density at radius 2 is 1.89 bits per heavy atom. The SMILES string of the molecule is NC1=C(NC(=O)/C=C/c2ccc(C(NCCO)C(=O)Nc3ccc(C(F)(F)F)nc3)cc2)C=CCC1. The van der Waals surface area contributed by atoms with E-state index in [1.807, 2.05) is 6.08 Å². The molecule has 0 spiro atoms. The van der Waals surface area contributed by atoms with Crippen LogP contribution in [-0.4, -0.2) is 35.1 Å². The van der Waals surface area contributed by atoms with E-state index >= 15 is 0 Å². The summed E-state index contributed by atoms with van der Waals surface area (Å²) in [5.41, 5.74) is 7.38. The zero-order chi connectivity index (χ0) is 26.1. The van der Waals surface area contributed by atoms with Gasteiger partial charge in [-0.15, -0.1) is 0 Å². The Kier molecular flexibility index (Phi) is 8.98. The molecule has 11 heteroatoms. The first-order chi connectivity index (χ1) is 17.2. The molecule has 1 heterocycles. The van der Waals surface area contributed by atoms with Gasteiger partial charge in [0.2, 0.25) is 11.8 Å². The Labute approximate surface area is 205 Å². The second-order valence-corrected chi connectivity index (χ2v) is 7.90. The number of aliphatic hydroxyl groups is 1. The highest BCUT2D eigenvalue weighted by Crippen LogP contribution is 2.28. The minimum Gasteiger partial charge on any atom is -0.400 e. The summed E-state index contributed by atoms with van der Waals surface area (Å²) in [5, 5.41) is 17.3. The number of aliphatic hydroxyl groups excluding tert-OH is 1. The summed E-state index contributed by atoms with van der Waals surface area (Å²) in [7, 11) is 0. The van der Waals surface area contributed by atoms with Crippen LogP contribution in [0.15, 0.2) is 72.2 Å². The molecule has 8 nitrogen and oxygen atoms in total. The lowest BCUT2D eigenvalue weighted by molar-refractivity contribution is -0.141. The predicted molar refractivity (Wildman–Crippen MR) is 129 cm³/mol. The van der Waals surface area contributed by atoms with Crippen LogP contribution >= 0.6 is 0 Å². The van der Waals surface area contributed by atoms with Crippen LogP contribution in [0.2, 0.25) is 0 Å². The van der Waals surface area contributed by atoms with Crippen molar-refractivity contribution in [3.8, 4) is 0 Å². The molecule has 0 aliphatic heterocycles. The Balaban J connectivity index is 1.66. The normalized spacial score (nSPS) is 14.7. The molecule has 0 saturated carbocycles. The Bertz CT molecular complexity index is 1160. The summed E-state index contributed by atoms with van der Waals surface area (Å²) in [6, 6.07) is 7.74. The number of hydrogen-bond donors (Lipinski definition) is 5. The molecule has 2 amide bonds. The van der Waals surface area contributed by atoms with Crippen molar-refractivity contribution in [2.24, 2.45) is 5.73 Å². The van der Waals surface area contributed by atoms with E-state index < -0.39 is 23.8 Å². The van der Waals surface area contributed by atoms with Gasteiger partial charge < -0.3 is 21.5 Å². The van der Waals surface area contributed by atoms with Gasteiger partial charge >= 0.3 is 6.18 Å². The monoisotopic (exact) mass is 501 g/mol. The highest BCUT2D eigenvalue weighted by molar-refractivity contribution is 5.95. The van der Waals surface area contributed by atoms with Crippen LogP contribution in [0.3, 0.4) is 0 Å². The Hall–Kier alpha value is -3.96. The van der Waals surface area contributed by atoms with Crippen molar-refractivity contribution in [2.75, 3.05) is 18.5 Å². The number of nitrogens with zero attached hydrogens (tertiary/aromatic N) is 1. The summed E-state index contributed by atoms with van der Waals surface area (Å²) < 4.78 is 38.1. The zero-order valence-electron chi connectivity index (χ0n) is 19.2. The number of nitrogens with two attached hydrogens (primary N) is 1. The molecule has 190 valence electrons. The van der Waals surface area contributed by atoms with E-state index in [0.29, 0.717) is 28.9 Å². The number of amides is 2. The maximum atomic E-state index is 12.8. The molecule has 0 bridgehead atoms. The number of alkyl halides is 3. The van der Waals surface area contributed by atoms with E-state index in [1.165, 1.54) is 6.08 Å². The van der Waals surface area contributed by atoms with Gasteiger partial charge in [-0.25, -0.2) is 4.98 Å². The van der Waals surface area contributed by atoms with Crippen molar-refractivity contribution in [1.82, 2.24) is 15.6 Å². The van der Waals surface area contributed by atoms with Gasteiger partial charge in [-0.1, -0.05) is 30.3 Å². The number of pyridine rings is 1. The molecule has 6 N–H and O–H groups in total. The van der Waals surface area contributed by atoms with Crippen molar-refractivity contribution < 1.29 is 27.9 Å². The van der Waals surface area contributed by atoms with Crippen molar-refractivity contribution in [2.45, 2.75) is 25.1 Å². The van der Waals surface area contributed by atoms with Gasteiger partial charge in [0.05, 0.1) is 24.2 Å². The molecule has 1 aliphatic carbocycles. The van der Waals surface area contributed by atoms with E-state index in [-0.39, 0.29) is 24.7 Å². The number of carbonyl (C=O) groups excluding carboxylic acids is 2. The van der Waals surface area contributed by atoms with Gasteiger partial charge in [-0.05, 0) is 48.3 Å². The molecule has 1 aliphatic rings. The highest BCUT2D eigenvalue weighted by Gasteiger charge is 2.32. The Morgan fingerprint density at radius 1 is 1.14 bits per heavy atom. The quantitative estimate of drug-likeness (QED) is 0.336. The second kappa shape index (κ2) is 12.1. The van der Waals surface area contributed by atoms with Crippen LogP contribution < -0.4 is 21.7 Å². The zero-order valence-corrected chi connectivity index (χ0v) is 19.2. The fourth-order valence-electron chi connectivity index (χ4n) is 3.37. The molecule has 0 fully saturated rings. The van der Waals surface area contributed by atoms with Gasteiger partial charge in [0.1, 0.15) is 11.7 Å². The minimum atomic E-state index is -4.58. The molecule has 0 radical (unpaired) electrons. The van der Waals surface area contributed by atoms with Crippen LogP contribution in [0.4, 0.5) is 18.9 Å². The third-order valence-electron chi connectivity index (χ3n) is 5.21. The number of hydrogen-bond acceptors (Lipinski definition) is 6. The third-order valence-corrected chi connectivity index (χ3v) is 5.21. The van der Waals surface area contributed by atoms with Gasteiger partial charge in [0.15, 0.2) is 0 Å². The molecule has 1 aromatic heterocycles. The van der Waals surface area contributed by atoms with Crippen LogP contribution in [0.1, 0.15) is 35.7 Å². The van der Waals surface area contributed by atoms with E-state index in [0.717, 1.165) is 24.8 Å². The van der Waals surface area contributed by atoms with Crippen LogP contribution in [-0.2, 0) is 15.8 Å². The van der Waals surface area contributed by atoms with Crippen molar-refractivity contribution in [3.05, 3.63) is 89.0 Å². The molecule has 36 heavy (non-hydrogen) atoms. The number of nitrogens with one attached hydrogen (secondary N) is 3. The first-order valence-corrected chi connectivity index (χ1v) is 11.1. The molecule has 0 saturated heterocycles. The molecule has 3 rings (SSSR count). The summed E-state index contributed by atoms with van der Waals surface area (Å²) in [6.07, 6.45) is 4.53. The summed E-state index contributed by atoms with van der Waals surface area (Å²) in [5.74, 6) is -0.880. The molecule has 1 atom stereocenters. The maximum Gasteiger partial charge on any atom is 0.433 e. The number of aromatic nitrogens is 1. The van der Waals surface area contributed by atoms with Gasteiger partial charge in [0.25, 0.3) is 0 Å². The molecular formula is C25H26F3N5O3. The average molecular weight is 502 g/mol. The highest BCUT2D eigenvalue weighted by atomic mass is 19.4. The number of anilines is 1. The second-order valence-electron chi connectivity index (χ2n) is 7.90. The fourth-order valence-corrected chi connectivity index (χ4v) is 3.37. The third kappa shape index (κ3) is 7.52. The maximum absolute atomic E-state index is 12.8. The molecule has 2 aromatic rings. The van der Waals surface area contributed by atoms with E-state index in [2.05, 4.69) is 20.9 Å².